The van der Waals surface area contributed by atoms with Gasteiger partial charge in [-0.3, -0.25) is 0 Å². The summed E-state index contributed by atoms with van der Waals surface area (Å²) in [4.78, 5) is 11.6. The van der Waals surface area contributed by atoms with Crippen molar-refractivity contribution in [1.29, 1.82) is 0 Å². The van der Waals surface area contributed by atoms with E-state index < -0.39 is 6.83 Å². The van der Waals surface area contributed by atoms with Crippen molar-refractivity contribution in [3.05, 3.63) is 0 Å². The van der Waals surface area contributed by atoms with Crippen molar-refractivity contribution in [3.8, 4) is 0 Å². The molecular formula is C12H27O2P. The summed E-state index contributed by atoms with van der Waals surface area (Å²) in [6, 6.07) is 0. The zero-order valence-corrected chi connectivity index (χ0v) is 12.1. The van der Waals surface area contributed by atoms with Crippen LogP contribution in [0.2, 0.25) is 0 Å². The Morgan fingerprint density at radius 1 is 1.07 bits per heavy atom. The van der Waals surface area contributed by atoms with E-state index in [0.717, 1.165) is 18.5 Å². The molecule has 0 amide bonds. The van der Waals surface area contributed by atoms with Crippen LogP contribution in [-0.4, -0.2) is 30.1 Å². The van der Waals surface area contributed by atoms with Gasteiger partial charge in [0.1, 0.15) is 0 Å². The Labute approximate surface area is 94.8 Å². The fourth-order valence-electron chi connectivity index (χ4n) is 2.40. The van der Waals surface area contributed by atoms with Crippen LogP contribution in [0, 0.1) is 0 Å². The molecule has 3 heteroatoms. The van der Waals surface area contributed by atoms with Gasteiger partial charge in [-0.15, -0.1) is 0 Å². The van der Waals surface area contributed by atoms with E-state index in [9.17, 15) is 4.79 Å². The summed E-state index contributed by atoms with van der Waals surface area (Å²) in [7, 11) is 0. The SMILES string of the molecule is CCC(=O)OP(CC)(CC)(CC)C(C)C. The minimum atomic E-state index is -2.25. The van der Waals surface area contributed by atoms with Crippen molar-refractivity contribution in [2.75, 3.05) is 18.5 Å². The number of hydrogen-bond donors (Lipinski definition) is 0. The molecule has 0 saturated carbocycles. The third-order valence-corrected chi connectivity index (χ3v) is 12.1. The molecule has 2 nitrogen and oxygen atoms in total. The number of carbonyl (C=O) groups is 1. The zero-order valence-electron chi connectivity index (χ0n) is 11.2. The molecule has 0 rings (SSSR count). The summed E-state index contributed by atoms with van der Waals surface area (Å²) in [5, 5.41) is 0. The van der Waals surface area contributed by atoms with E-state index in [2.05, 4.69) is 34.6 Å². The van der Waals surface area contributed by atoms with E-state index in [4.69, 9.17) is 4.52 Å². The average Bonchev–Trinajstić information content (AvgIpc) is 2.26. The standard InChI is InChI=1S/C12H27O2P/c1-7-12(13)14-15(8-2,9-3,10-4)11(5)6/h11H,7-10H2,1-6H3. The Morgan fingerprint density at radius 2 is 1.47 bits per heavy atom. The first kappa shape index (κ1) is 14.9. The van der Waals surface area contributed by atoms with Crippen molar-refractivity contribution >= 4 is 12.8 Å². The van der Waals surface area contributed by atoms with Gasteiger partial charge in [0.25, 0.3) is 0 Å². The van der Waals surface area contributed by atoms with Crippen molar-refractivity contribution in [2.24, 2.45) is 0 Å². The molecular weight excluding hydrogens is 207 g/mol. The maximum absolute atomic E-state index is 11.6. The van der Waals surface area contributed by atoms with Gasteiger partial charge < -0.3 is 0 Å². The first-order chi connectivity index (χ1) is 6.90. The average molecular weight is 234 g/mol. The van der Waals surface area contributed by atoms with Gasteiger partial charge in [-0.25, -0.2) is 0 Å². The Morgan fingerprint density at radius 3 is 1.67 bits per heavy atom. The van der Waals surface area contributed by atoms with Crippen molar-refractivity contribution < 1.29 is 9.32 Å². The van der Waals surface area contributed by atoms with Crippen LogP contribution in [0.3, 0.4) is 0 Å². The Balaban J connectivity index is 5.22. The van der Waals surface area contributed by atoms with Crippen molar-refractivity contribution in [2.45, 2.75) is 53.6 Å². The molecule has 0 atom stereocenters. The van der Waals surface area contributed by atoms with Gasteiger partial charge in [0.15, 0.2) is 0 Å². The molecule has 0 aromatic carbocycles. The Bertz CT molecular complexity index is 209. The molecule has 0 radical (unpaired) electrons. The predicted octanol–water partition coefficient (Wildman–Crippen LogP) is 3.88. The molecule has 0 heterocycles. The van der Waals surface area contributed by atoms with E-state index in [1.165, 1.54) is 0 Å². The van der Waals surface area contributed by atoms with Crippen LogP contribution in [0.4, 0.5) is 0 Å². The number of rotatable bonds is 6. The third-order valence-electron chi connectivity index (χ3n) is 4.22. The molecule has 0 aliphatic rings. The third kappa shape index (κ3) is 2.53. The molecule has 0 aliphatic carbocycles. The minimum absolute atomic E-state index is 0.0214. The van der Waals surface area contributed by atoms with E-state index in [1.807, 2.05) is 6.92 Å². The van der Waals surface area contributed by atoms with Gasteiger partial charge in [-0.05, 0) is 0 Å². The van der Waals surface area contributed by atoms with Crippen LogP contribution >= 0.6 is 6.83 Å². The monoisotopic (exact) mass is 234 g/mol. The van der Waals surface area contributed by atoms with Crippen LogP contribution in [0.25, 0.3) is 0 Å². The number of carbonyl (C=O) groups excluding carboxylic acids is 1. The summed E-state index contributed by atoms with van der Waals surface area (Å²) in [5.74, 6) is -0.0214. The van der Waals surface area contributed by atoms with E-state index in [1.54, 1.807) is 0 Å². The van der Waals surface area contributed by atoms with Crippen molar-refractivity contribution in [3.63, 3.8) is 0 Å². The molecule has 0 spiro atoms. The van der Waals surface area contributed by atoms with E-state index in [-0.39, 0.29) is 5.97 Å². The molecule has 0 saturated heterocycles. The Kier molecular flexibility index (Phi) is 5.26. The topological polar surface area (TPSA) is 26.3 Å². The summed E-state index contributed by atoms with van der Waals surface area (Å²) >= 11 is 0. The second-order valence-electron chi connectivity index (χ2n) is 4.57. The molecule has 0 fully saturated rings. The van der Waals surface area contributed by atoms with Gasteiger partial charge in [0.05, 0.1) is 0 Å². The summed E-state index contributed by atoms with van der Waals surface area (Å²) in [6.07, 6.45) is 3.54. The molecule has 0 aliphatic heterocycles. The molecule has 15 heavy (non-hydrogen) atoms. The normalized spacial score (nSPS) is 14.7. The molecule has 0 bridgehead atoms. The van der Waals surface area contributed by atoms with Gasteiger partial charge in [-0.2, -0.15) is 0 Å². The quantitative estimate of drug-likeness (QED) is 0.652. The number of hydrogen-bond acceptors (Lipinski definition) is 2. The molecule has 92 valence electrons. The summed E-state index contributed by atoms with van der Waals surface area (Å²) in [5.41, 5.74) is 0.478. The molecule has 0 aromatic heterocycles. The summed E-state index contributed by atoms with van der Waals surface area (Å²) in [6.45, 7) is 10.5. The van der Waals surface area contributed by atoms with Gasteiger partial charge >= 0.3 is 94.2 Å². The Hall–Kier alpha value is -0.100. The zero-order chi connectivity index (χ0) is 12.1. The molecule has 0 N–H and O–H groups in total. The maximum atomic E-state index is 11.6. The van der Waals surface area contributed by atoms with Crippen LogP contribution in [0.15, 0.2) is 0 Å². The van der Waals surface area contributed by atoms with E-state index in [0.29, 0.717) is 12.1 Å². The van der Waals surface area contributed by atoms with Gasteiger partial charge in [-0.1, -0.05) is 0 Å². The molecule has 0 unspecified atom stereocenters. The van der Waals surface area contributed by atoms with Crippen LogP contribution < -0.4 is 0 Å². The van der Waals surface area contributed by atoms with E-state index >= 15 is 0 Å². The van der Waals surface area contributed by atoms with Crippen LogP contribution in [0.5, 0.6) is 0 Å². The van der Waals surface area contributed by atoms with Crippen LogP contribution in [0.1, 0.15) is 48.0 Å². The molecule has 0 aromatic rings. The first-order valence-corrected chi connectivity index (χ1v) is 8.91. The summed E-state index contributed by atoms with van der Waals surface area (Å²) < 4.78 is 5.98. The van der Waals surface area contributed by atoms with Crippen LogP contribution in [-0.2, 0) is 9.32 Å². The van der Waals surface area contributed by atoms with Gasteiger partial charge in [0, 0.05) is 0 Å². The first-order valence-electron chi connectivity index (χ1n) is 6.13. The second kappa shape index (κ2) is 5.30. The fourth-order valence-corrected chi connectivity index (χ4v) is 7.21. The predicted molar refractivity (Wildman–Crippen MR) is 70.1 cm³/mol. The van der Waals surface area contributed by atoms with Crippen molar-refractivity contribution in [1.82, 2.24) is 0 Å². The second-order valence-corrected chi connectivity index (χ2v) is 11.1. The van der Waals surface area contributed by atoms with Gasteiger partial charge in [0.2, 0.25) is 0 Å². The fraction of sp³-hybridized carbons (Fsp3) is 0.917.